The van der Waals surface area contributed by atoms with Gasteiger partial charge in [-0.15, -0.1) is 0 Å². The molecule has 2 spiro atoms. The maximum absolute atomic E-state index is 10.9. The summed E-state index contributed by atoms with van der Waals surface area (Å²) in [5.74, 6) is 2.35. The Labute approximate surface area is 214 Å². The van der Waals surface area contributed by atoms with Crippen LogP contribution in [0.2, 0.25) is 0 Å². The fourth-order valence-corrected chi connectivity index (χ4v) is 11.9. The van der Waals surface area contributed by atoms with Crippen LogP contribution in [0, 0.1) is 39.4 Å². The number of nitrogens with one attached hydrogen (secondary N) is 1. The van der Waals surface area contributed by atoms with Crippen LogP contribution in [-0.4, -0.2) is 47.7 Å². The van der Waals surface area contributed by atoms with E-state index in [0.29, 0.717) is 40.3 Å². The van der Waals surface area contributed by atoms with Gasteiger partial charge in [0.1, 0.15) is 6.10 Å². The molecule has 200 valence electrons. The predicted octanol–water partition coefficient (Wildman–Crippen LogP) is 6.10. The summed E-state index contributed by atoms with van der Waals surface area (Å²) in [6.07, 6.45) is 13.5. The summed E-state index contributed by atoms with van der Waals surface area (Å²) in [5.41, 5.74) is 1.31. The molecule has 4 nitrogen and oxygen atoms in total. The summed E-state index contributed by atoms with van der Waals surface area (Å²) in [5, 5.41) is 14.8. The van der Waals surface area contributed by atoms with Gasteiger partial charge in [-0.05, 0) is 145 Å². The third kappa shape index (κ3) is 3.18. The van der Waals surface area contributed by atoms with Gasteiger partial charge in [0, 0.05) is 12.1 Å². The minimum atomic E-state index is -0.879. The van der Waals surface area contributed by atoms with Crippen molar-refractivity contribution in [1.29, 1.82) is 0 Å². The van der Waals surface area contributed by atoms with Crippen LogP contribution in [0.15, 0.2) is 0 Å². The molecule has 10 atom stereocenters. The van der Waals surface area contributed by atoms with Crippen molar-refractivity contribution in [2.24, 2.45) is 39.4 Å². The van der Waals surface area contributed by atoms with Gasteiger partial charge in [0.15, 0.2) is 0 Å². The molecule has 0 aromatic rings. The smallest absolute Gasteiger partial charge is 0.112 e. The molecule has 2 saturated heterocycles. The fraction of sp³-hybridized carbons (Fsp3) is 1.00. The molecule has 0 bridgehead atoms. The van der Waals surface area contributed by atoms with Crippen LogP contribution in [-0.2, 0) is 9.47 Å². The lowest BCUT2D eigenvalue weighted by atomic mass is 9.43. The molecule has 6 aliphatic rings. The molecule has 4 heteroatoms. The van der Waals surface area contributed by atoms with E-state index in [2.05, 4.69) is 33.0 Å². The lowest BCUT2D eigenvalue weighted by Crippen LogP contribution is -2.57. The number of ether oxygens (including phenoxy) is 2. The van der Waals surface area contributed by atoms with E-state index in [4.69, 9.17) is 9.47 Å². The van der Waals surface area contributed by atoms with Crippen molar-refractivity contribution in [3.8, 4) is 0 Å². The van der Waals surface area contributed by atoms with Gasteiger partial charge in [-0.2, -0.15) is 0 Å². The Bertz CT molecular complexity index is 851. The van der Waals surface area contributed by atoms with Crippen molar-refractivity contribution in [2.45, 2.75) is 142 Å². The molecule has 4 aliphatic carbocycles. The van der Waals surface area contributed by atoms with E-state index in [-0.39, 0.29) is 17.7 Å². The fourth-order valence-electron chi connectivity index (χ4n) is 11.9. The Kier molecular flexibility index (Phi) is 5.53. The van der Waals surface area contributed by atoms with Crippen molar-refractivity contribution in [3.63, 3.8) is 0 Å². The first-order valence-corrected chi connectivity index (χ1v) is 15.1. The van der Waals surface area contributed by atoms with Crippen LogP contribution < -0.4 is 5.32 Å². The second-order valence-corrected chi connectivity index (χ2v) is 15.4. The van der Waals surface area contributed by atoms with Gasteiger partial charge >= 0.3 is 0 Å². The minimum Gasteiger partial charge on any atom is -0.388 e. The van der Waals surface area contributed by atoms with Gasteiger partial charge in [0.2, 0.25) is 0 Å². The molecule has 35 heavy (non-hydrogen) atoms. The van der Waals surface area contributed by atoms with Gasteiger partial charge in [0.25, 0.3) is 0 Å². The van der Waals surface area contributed by atoms with E-state index >= 15 is 0 Å². The average molecular weight is 488 g/mol. The first-order chi connectivity index (χ1) is 16.3. The topological polar surface area (TPSA) is 50.7 Å². The average Bonchev–Trinajstić information content (AvgIpc) is 3.41. The quantitative estimate of drug-likeness (QED) is 0.503. The maximum Gasteiger partial charge on any atom is 0.112 e. The summed E-state index contributed by atoms with van der Waals surface area (Å²) >= 11 is 0. The molecule has 0 amide bonds. The number of hydrogen-bond acceptors (Lipinski definition) is 4. The Morgan fingerprint density at radius 2 is 1.69 bits per heavy atom. The Hall–Kier alpha value is -0.160. The highest BCUT2D eigenvalue weighted by Gasteiger charge is 2.82. The van der Waals surface area contributed by atoms with Crippen LogP contribution in [0.25, 0.3) is 0 Å². The Morgan fingerprint density at radius 1 is 0.971 bits per heavy atom. The molecule has 10 unspecified atom stereocenters. The zero-order valence-corrected chi connectivity index (χ0v) is 23.7. The van der Waals surface area contributed by atoms with Crippen LogP contribution in [0.1, 0.15) is 113 Å². The van der Waals surface area contributed by atoms with Crippen LogP contribution in [0.4, 0.5) is 0 Å². The van der Waals surface area contributed by atoms with E-state index in [9.17, 15) is 5.11 Å². The van der Waals surface area contributed by atoms with E-state index < -0.39 is 5.60 Å². The molecule has 0 aromatic carbocycles. The number of rotatable bonds is 4. The Balaban J connectivity index is 1.29. The van der Waals surface area contributed by atoms with E-state index in [0.717, 1.165) is 18.3 Å². The van der Waals surface area contributed by atoms with Crippen molar-refractivity contribution < 1.29 is 14.6 Å². The van der Waals surface area contributed by atoms with Gasteiger partial charge < -0.3 is 19.9 Å². The first-order valence-electron chi connectivity index (χ1n) is 15.1. The lowest BCUT2D eigenvalue weighted by molar-refractivity contribution is -0.193. The highest BCUT2D eigenvalue weighted by molar-refractivity contribution is 5.31. The van der Waals surface area contributed by atoms with Gasteiger partial charge in [0.05, 0.1) is 17.8 Å². The molecule has 4 saturated carbocycles. The second kappa shape index (κ2) is 7.70. The zero-order chi connectivity index (χ0) is 25.1. The SMILES string of the molecule is CCOC(C1CCC2C(CC3(C)C4CCC5C(C)(C)NCCCC56CC46CCC23C)O1)C(C)(C)O. The Morgan fingerprint density at radius 3 is 2.40 bits per heavy atom. The van der Waals surface area contributed by atoms with Gasteiger partial charge in [-0.25, -0.2) is 0 Å². The molecular weight excluding hydrogens is 434 g/mol. The highest BCUT2D eigenvalue weighted by Crippen LogP contribution is 2.87. The number of fused-ring (bicyclic) bond motifs is 4. The predicted molar refractivity (Wildman–Crippen MR) is 140 cm³/mol. The largest absolute Gasteiger partial charge is 0.388 e. The normalized spacial score (nSPS) is 53.3. The third-order valence-corrected chi connectivity index (χ3v) is 13.4. The number of aliphatic hydroxyl groups is 1. The molecular formula is C31H53NO3. The summed E-state index contributed by atoms with van der Waals surface area (Å²) in [6.45, 7) is 18.0. The molecule has 2 heterocycles. The standard InChI is InChI=1S/C31H53NO3/c1-8-34-25(27(4,5)33)21-11-10-20-22(35-21)18-29(7)24-13-12-23-26(2,3)32-17-9-14-30(23)19-31(24,30)16-15-28(20,29)6/h20-25,32-33H,8-19H2,1-7H3. The maximum atomic E-state index is 10.9. The van der Waals surface area contributed by atoms with Crippen molar-refractivity contribution >= 4 is 0 Å². The van der Waals surface area contributed by atoms with Crippen LogP contribution in [0.3, 0.4) is 0 Å². The number of hydrogen-bond donors (Lipinski definition) is 2. The van der Waals surface area contributed by atoms with Crippen molar-refractivity contribution in [2.75, 3.05) is 13.2 Å². The first kappa shape index (κ1) is 25.1. The molecule has 0 aromatic heterocycles. The third-order valence-electron chi connectivity index (χ3n) is 13.4. The van der Waals surface area contributed by atoms with Gasteiger partial charge in [-0.3, -0.25) is 0 Å². The molecule has 0 radical (unpaired) electrons. The highest BCUT2D eigenvalue weighted by atomic mass is 16.6. The molecule has 6 fully saturated rings. The molecule has 2 aliphatic heterocycles. The van der Waals surface area contributed by atoms with E-state index in [1.807, 2.05) is 20.8 Å². The van der Waals surface area contributed by atoms with Crippen LogP contribution >= 0.6 is 0 Å². The summed E-state index contributed by atoms with van der Waals surface area (Å²) in [4.78, 5) is 0. The van der Waals surface area contributed by atoms with Gasteiger partial charge in [-0.1, -0.05) is 13.8 Å². The minimum absolute atomic E-state index is 0.00856. The molecule has 6 rings (SSSR count). The summed E-state index contributed by atoms with van der Waals surface area (Å²) in [7, 11) is 0. The van der Waals surface area contributed by atoms with Crippen LogP contribution in [0.5, 0.6) is 0 Å². The van der Waals surface area contributed by atoms with Crippen molar-refractivity contribution in [1.82, 2.24) is 5.32 Å². The lowest BCUT2D eigenvalue weighted by Gasteiger charge is -2.61. The summed E-state index contributed by atoms with van der Waals surface area (Å²) < 4.78 is 13.0. The summed E-state index contributed by atoms with van der Waals surface area (Å²) in [6, 6.07) is 0. The van der Waals surface area contributed by atoms with E-state index in [1.54, 1.807) is 0 Å². The van der Waals surface area contributed by atoms with Crippen molar-refractivity contribution in [3.05, 3.63) is 0 Å². The van der Waals surface area contributed by atoms with E-state index in [1.165, 1.54) is 64.3 Å². The zero-order valence-electron chi connectivity index (χ0n) is 23.7. The second-order valence-electron chi connectivity index (χ2n) is 15.4. The monoisotopic (exact) mass is 487 g/mol. The molecule has 2 N–H and O–H groups in total.